The first-order chi connectivity index (χ1) is 11.7. The summed E-state index contributed by atoms with van der Waals surface area (Å²) in [7, 11) is 0. The summed E-state index contributed by atoms with van der Waals surface area (Å²) in [4.78, 5) is 8.14. The van der Waals surface area contributed by atoms with Gasteiger partial charge in [0.05, 0.1) is 12.2 Å². The predicted octanol–water partition coefficient (Wildman–Crippen LogP) is 5.17. The van der Waals surface area contributed by atoms with Crippen molar-refractivity contribution in [3.05, 3.63) is 58.6 Å². The van der Waals surface area contributed by atoms with Crippen molar-refractivity contribution >= 4 is 28.3 Å². The van der Waals surface area contributed by atoms with Crippen LogP contribution in [0.1, 0.15) is 25.0 Å². The Labute approximate surface area is 147 Å². The van der Waals surface area contributed by atoms with Gasteiger partial charge in [0.25, 0.3) is 0 Å². The number of amidine groups is 1. The summed E-state index contributed by atoms with van der Waals surface area (Å²) >= 11 is 6.20. The van der Waals surface area contributed by atoms with Crippen LogP contribution in [-0.4, -0.2) is 23.9 Å². The van der Waals surface area contributed by atoms with Crippen LogP contribution < -0.4 is 5.32 Å². The molecular formula is C20H22ClN3. The maximum atomic E-state index is 6.20. The third-order valence-corrected chi connectivity index (χ3v) is 4.21. The first-order valence-corrected chi connectivity index (χ1v) is 8.77. The summed E-state index contributed by atoms with van der Waals surface area (Å²) in [5.74, 6) is 0.949. The van der Waals surface area contributed by atoms with Gasteiger partial charge >= 0.3 is 0 Å². The normalized spacial score (nSPS) is 13.2. The van der Waals surface area contributed by atoms with E-state index in [1.165, 1.54) is 11.1 Å². The Hall–Kier alpha value is -2.26. The molecule has 2 aromatic carbocycles. The molecule has 0 saturated heterocycles. The lowest BCUT2D eigenvalue weighted by molar-refractivity contribution is 0.960. The number of aryl methyl sites for hydroxylation is 1. The summed E-state index contributed by atoms with van der Waals surface area (Å²) in [5.41, 5.74) is 5.68. The summed E-state index contributed by atoms with van der Waals surface area (Å²) in [5, 5.41) is 5.23. The largest absolute Gasteiger partial charge is 0.368 e. The van der Waals surface area contributed by atoms with E-state index in [1.807, 2.05) is 32.0 Å². The molecule has 1 aliphatic heterocycles. The minimum absolute atomic E-state index is 0.738. The van der Waals surface area contributed by atoms with Crippen molar-refractivity contribution in [1.82, 2.24) is 10.3 Å². The zero-order valence-electron chi connectivity index (χ0n) is 14.3. The van der Waals surface area contributed by atoms with E-state index < -0.39 is 0 Å². The minimum atomic E-state index is 0.738. The molecule has 0 atom stereocenters. The van der Waals surface area contributed by atoms with Crippen LogP contribution in [-0.2, 0) is 0 Å². The highest BCUT2D eigenvalue weighted by atomic mass is 35.5. The van der Waals surface area contributed by atoms with E-state index >= 15 is 0 Å². The zero-order chi connectivity index (χ0) is 17.1. The number of fused-ring (bicyclic) bond motifs is 1. The van der Waals surface area contributed by atoms with Gasteiger partial charge in [-0.2, -0.15) is 0 Å². The number of H-pyrrole nitrogens is 1. The molecule has 2 N–H and O–H groups in total. The number of aromatic nitrogens is 1. The lowest BCUT2D eigenvalue weighted by Gasteiger charge is -2.07. The molecule has 0 aliphatic carbocycles. The fraction of sp³-hybridized carbons (Fsp3) is 0.250. The van der Waals surface area contributed by atoms with E-state index in [2.05, 4.69) is 46.5 Å². The van der Waals surface area contributed by atoms with Crippen molar-refractivity contribution in [3.8, 4) is 11.3 Å². The predicted molar refractivity (Wildman–Crippen MR) is 104 cm³/mol. The Bertz CT molecular complexity index is 893. The standard InChI is InChI=1S/C18H16ClN3.C2H6/c1-11-3-2-4-12(9-11)17-16(18-20-7-8-21-18)14-10-13(19)5-6-15(14)22-17;1-2/h2-6,9-10,22H,7-8H2,1H3,(H,20,21);1-2H3. The van der Waals surface area contributed by atoms with Gasteiger partial charge in [-0.1, -0.05) is 49.2 Å². The van der Waals surface area contributed by atoms with Crippen LogP contribution >= 0.6 is 11.6 Å². The molecule has 24 heavy (non-hydrogen) atoms. The minimum Gasteiger partial charge on any atom is -0.368 e. The molecule has 0 saturated carbocycles. The average molecular weight is 340 g/mol. The van der Waals surface area contributed by atoms with Gasteiger partial charge in [0.15, 0.2) is 0 Å². The number of halogens is 1. The van der Waals surface area contributed by atoms with Crippen molar-refractivity contribution in [3.63, 3.8) is 0 Å². The van der Waals surface area contributed by atoms with Crippen molar-refractivity contribution in [2.75, 3.05) is 13.1 Å². The number of hydrogen-bond acceptors (Lipinski definition) is 2. The molecule has 124 valence electrons. The number of benzene rings is 2. The van der Waals surface area contributed by atoms with E-state index in [1.54, 1.807) is 0 Å². The highest BCUT2D eigenvalue weighted by Gasteiger charge is 2.20. The van der Waals surface area contributed by atoms with Crippen LogP contribution in [0.3, 0.4) is 0 Å². The van der Waals surface area contributed by atoms with Crippen molar-refractivity contribution < 1.29 is 0 Å². The molecule has 0 unspecified atom stereocenters. The molecule has 0 spiro atoms. The van der Waals surface area contributed by atoms with E-state index in [0.717, 1.165) is 46.1 Å². The summed E-state index contributed by atoms with van der Waals surface area (Å²) in [6, 6.07) is 14.4. The van der Waals surface area contributed by atoms with Gasteiger partial charge in [-0.15, -0.1) is 0 Å². The second-order valence-electron chi connectivity index (χ2n) is 5.59. The van der Waals surface area contributed by atoms with Crippen molar-refractivity contribution in [1.29, 1.82) is 0 Å². The van der Waals surface area contributed by atoms with Gasteiger partial charge in [0.1, 0.15) is 5.84 Å². The van der Waals surface area contributed by atoms with Crippen molar-refractivity contribution in [2.45, 2.75) is 20.8 Å². The van der Waals surface area contributed by atoms with Gasteiger partial charge < -0.3 is 10.3 Å². The monoisotopic (exact) mass is 339 g/mol. The second-order valence-corrected chi connectivity index (χ2v) is 6.03. The highest BCUT2D eigenvalue weighted by Crippen LogP contribution is 2.33. The van der Waals surface area contributed by atoms with E-state index in [-0.39, 0.29) is 0 Å². The number of nitrogens with zero attached hydrogens (tertiary/aromatic N) is 1. The van der Waals surface area contributed by atoms with Crippen LogP contribution in [0.25, 0.3) is 22.2 Å². The molecule has 1 aromatic heterocycles. The quantitative estimate of drug-likeness (QED) is 0.664. The molecule has 2 heterocycles. The fourth-order valence-corrected chi connectivity index (χ4v) is 3.16. The topological polar surface area (TPSA) is 40.2 Å². The smallest absolute Gasteiger partial charge is 0.131 e. The third-order valence-electron chi connectivity index (χ3n) is 3.98. The van der Waals surface area contributed by atoms with E-state index in [4.69, 9.17) is 11.6 Å². The molecular weight excluding hydrogens is 318 g/mol. The number of hydrogen-bond donors (Lipinski definition) is 2. The molecule has 4 heteroatoms. The maximum Gasteiger partial charge on any atom is 0.131 e. The van der Waals surface area contributed by atoms with Crippen LogP contribution in [0.15, 0.2) is 47.5 Å². The molecule has 0 amide bonds. The first kappa shape index (κ1) is 16.6. The highest BCUT2D eigenvalue weighted by molar-refractivity contribution is 6.31. The molecule has 0 bridgehead atoms. The van der Waals surface area contributed by atoms with E-state index in [9.17, 15) is 0 Å². The molecule has 0 radical (unpaired) electrons. The zero-order valence-corrected chi connectivity index (χ0v) is 15.0. The number of nitrogens with one attached hydrogen (secondary N) is 2. The summed E-state index contributed by atoms with van der Waals surface area (Å²) in [6.07, 6.45) is 0. The lowest BCUT2D eigenvalue weighted by Crippen LogP contribution is -2.19. The lowest BCUT2D eigenvalue weighted by atomic mass is 10.0. The SMILES string of the molecule is CC.Cc1cccc(-c2[nH]c3ccc(Cl)cc3c2C2=NCCN2)c1. The van der Waals surface area contributed by atoms with Gasteiger partial charge in [-0.25, -0.2) is 0 Å². The van der Waals surface area contributed by atoms with Gasteiger partial charge in [0, 0.05) is 28.0 Å². The Kier molecular flexibility index (Phi) is 4.91. The molecule has 4 rings (SSSR count). The molecule has 3 nitrogen and oxygen atoms in total. The Morgan fingerprint density at radius 2 is 1.92 bits per heavy atom. The van der Waals surface area contributed by atoms with Crippen LogP contribution in [0.4, 0.5) is 0 Å². The Balaban J connectivity index is 0.000000815. The maximum absolute atomic E-state index is 6.20. The van der Waals surface area contributed by atoms with E-state index in [0.29, 0.717) is 0 Å². The second kappa shape index (κ2) is 7.10. The molecule has 1 aliphatic rings. The summed E-state index contributed by atoms with van der Waals surface area (Å²) in [6.45, 7) is 7.81. The third kappa shape index (κ3) is 3.04. The van der Waals surface area contributed by atoms with Gasteiger partial charge in [-0.05, 0) is 36.8 Å². The van der Waals surface area contributed by atoms with Crippen LogP contribution in [0.2, 0.25) is 5.02 Å². The number of aromatic amines is 1. The molecule has 3 aromatic rings. The fourth-order valence-electron chi connectivity index (χ4n) is 2.99. The van der Waals surface area contributed by atoms with Crippen molar-refractivity contribution in [2.24, 2.45) is 4.99 Å². The Morgan fingerprint density at radius 3 is 2.62 bits per heavy atom. The molecule has 0 fully saturated rings. The first-order valence-electron chi connectivity index (χ1n) is 8.39. The Morgan fingerprint density at radius 1 is 1.08 bits per heavy atom. The average Bonchev–Trinajstić information content (AvgIpc) is 3.23. The van der Waals surface area contributed by atoms with Gasteiger partial charge in [-0.3, -0.25) is 4.99 Å². The summed E-state index contributed by atoms with van der Waals surface area (Å²) < 4.78 is 0. The number of aliphatic imine (C=N–C) groups is 1. The van der Waals surface area contributed by atoms with Crippen LogP contribution in [0.5, 0.6) is 0 Å². The van der Waals surface area contributed by atoms with Crippen LogP contribution in [0, 0.1) is 6.92 Å². The van der Waals surface area contributed by atoms with Gasteiger partial charge in [0.2, 0.25) is 0 Å². The number of rotatable bonds is 2.